The third kappa shape index (κ3) is 3.52. The summed E-state index contributed by atoms with van der Waals surface area (Å²) in [7, 11) is 0. The smallest absolute Gasteiger partial charge is 0.196 e. The molecule has 0 spiro atoms. The molecule has 5 aromatic rings. The Balaban J connectivity index is 1.83. The van der Waals surface area contributed by atoms with Crippen molar-refractivity contribution in [2.45, 2.75) is 0 Å². The lowest BCUT2D eigenvalue weighted by Gasteiger charge is -2.06. The highest BCUT2D eigenvalue weighted by atomic mass is 16.1. The molecule has 0 aliphatic rings. The summed E-state index contributed by atoms with van der Waals surface area (Å²) >= 11 is 0. The van der Waals surface area contributed by atoms with Gasteiger partial charge in [0, 0.05) is 17.3 Å². The van der Waals surface area contributed by atoms with Gasteiger partial charge in [-0.1, -0.05) is 91.0 Å². The molecule has 0 unspecified atom stereocenters. The Morgan fingerprint density at radius 3 is 1.70 bits per heavy atom. The van der Waals surface area contributed by atoms with Gasteiger partial charge >= 0.3 is 0 Å². The van der Waals surface area contributed by atoms with Crippen LogP contribution in [0.25, 0.3) is 16.6 Å². The van der Waals surface area contributed by atoms with E-state index in [-0.39, 0.29) is 28.4 Å². The zero-order valence-corrected chi connectivity index (χ0v) is 17.6. The van der Waals surface area contributed by atoms with Crippen LogP contribution in [-0.2, 0) is 0 Å². The van der Waals surface area contributed by atoms with Gasteiger partial charge in [0.15, 0.2) is 11.6 Å². The molecule has 0 amide bonds. The maximum atomic E-state index is 13.7. The van der Waals surface area contributed by atoms with Crippen molar-refractivity contribution in [2.75, 3.05) is 0 Å². The summed E-state index contributed by atoms with van der Waals surface area (Å²) in [4.78, 5) is 27.3. The monoisotopic (exact) mass is 426 g/mol. The highest BCUT2D eigenvalue weighted by Crippen LogP contribution is 2.31. The van der Waals surface area contributed by atoms with Crippen LogP contribution in [0.2, 0.25) is 0 Å². The lowest BCUT2D eigenvalue weighted by atomic mass is 9.94. The van der Waals surface area contributed by atoms with E-state index in [9.17, 15) is 14.9 Å². The molecule has 4 nitrogen and oxygen atoms in total. The summed E-state index contributed by atoms with van der Waals surface area (Å²) in [6.07, 6.45) is 1.75. The molecule has 33 heavy (non-hydrogen) atoms. The van der Waals surface area contributed by atoms with Crippen LogP contribution in [0, 0.1) is 11.3 Å². The van der Waals surface area contributed by atoms with Gasteiger partial charge in [0.05, 0.1) is 16.6 Å². The number of nitrogens with zero attached hydrogens (tertiary/aromatic N) is 2. The molecule has 0 saturated carbocycles. The number of carbonyl (C=O) groups is 2. The third-order valence-electron chi connectivity index (χ3n) is 5.68. The van der Waals surface area contributed by atoms with Crippen LogP contribution in [0.3, 0.4) is 0 Å². The molecular weight excluding hydrogens is 408 g/mol. The Morgan fingerprint density at radius 1 is 0.636 bits per heavy atom. The highest BCUT2D eigenvalue weighted by molar-refractivity contribution is 6.24. The Labute approximate surface area is 191 Å². The third-order valence-corrected chi connectivity index (χ3v) is 5.68. The van der Waals surface area contributed by atoms with Crippen LogP contribution in [0.15, 0.2) is 109 Å². The van der Waals surface area contributed by atoms with Crippen molar-refractivity contribution < 1.29 is 9.59 Å². The molecule has 156 valence electrons. The second kappa shape index (κ2) is 8.41. The van der Waals surface area contributed by atoms with Gasteiger partial charge in [0.25, 0.3) is 0 Å². The van der Waals surface area contributed by atoms with Crippen molar-refractivity contribution in [3.05, 3.63) is 137 Å². The highest BCUT2D eigenvalue weighted by Gasteiger charge is 2.29. The normalized spacial score (nSPS) is 10.6. The first-order valence-corrected chi connectivity index (χ1v) is 10.5. The number of nitriles is 1. The number of aromatic nitrogens is 1. The summed E-state index contributed by atoms with van der Waals surface area (Å²) in [6, 6.07) is 33.3. The Kier molecular flexibility index (Phi) is 5.14. The van der Waals surface area contributed by atoms with E-state index in [1.54, 1.807) is 59.1 Å². The van der Waals surface area contributed by atoms with Crippen molar-refractivity contribution in [3.63, 3.8) is 0 Å². The molecule has 0 atom stereocenters. The number of hydrogen-bond acceptors (Lipinski definition) is 3. The summed E-state index contributed by atoms with van der Waals surface area (Å²) in [5, 5.41) is 10.0. The average Bonchev–Trinajstić information content (AvgIpc) is 3.22. The van der Waals surface area contributed by atoms with E-state index in [2.05, 4.69) is 6.07 Å². The fourth-order valence-corrected chi connectivity index (χ4v) is 4.09. The van der Waals surface area contributed by atoms with Gasteiger partial charge in [0.2, 0.25) is 0 Å². The molecule has 0 fully saturated rings. The van der Waals surface area contributed by atoms with E-state index >= 15 is 0 Å². The van der Waals surface area contributed by atoms with Gasteiger partial charge < -0.3 is 4.40 Å². The first-order chi connectivity index (χ1) is 16.2. The number of rotatable bonds is 5. The van der Waals surface area contributed by atoms with Crippen LogP contribution >= 0.6 is 0 Å². The van der Waals surface area contributed by atoms with E-state index in [1.807, 2.05) is 54.6 Å². The van der Waals surface area contributed by atoms with Gasteiger partial charge in [-0.15, -0.1) is 0 Å². The first kappa shape index (κ1) is 20.2. The van der Waals surface area contributed by atoms with E-state index < -0.39 is 0 Å². The number of fused-ring (bicyclic) bond motifs is 1. The maximum absolute atomic E-state index is 13.7. The zero-order valence-electron chi connectivity index (χ0n) is 17.6. The van der Waals surface area contributed by atoms with Crippen LogP contribution in [-0.4, -0.2) is 16.0 Å². The molecule has 5 rings (SSSR count). The van der Waals surface area contributed by atoms with E-state index in [0.29, 0.717) is 16.6 Å². The largest absolute Gasteiger partial charge is 0.307 e. The van der Waals surface area contributed by atoms with Gasteiger partial charge in [-0.25, -0.2) is 0 Å². The van der Waals surface area contributed by atoms with Crippen molar-refractivity contribution in [1.29, 1.82) is 5.26 Å². The van der Waals surface area contributed by atoms with Gasteiger partial charge in [0.1, 0.15) is 11.8 Å². The quantitative estimate of drug-likeness (QED) is 0.327. The number of ketones is 2. The SMILES string of the molecule is N#Cc1c(C(=O)c2ccccc2)c(C(=O)c2ccccc2)c2cc(-c3ccccc3)ccn12. The number of hydrogen-bond donors (Lipinski definition) is 0. The molecule has 0 saturated heterocycles. The maximum Gasteiger partial charge on any atom is 0.196 e. The van der Waals surface area contributed by atoms with Crippen LogP contribution in [0.5, 0.6) is 0 Å². The molecule has 3 aromatic carbocycles. The fraction of sp³-hybridized carbons (Fsp3) is 0. The molecule has 0 radical (unpaired) electrons. The molecule has 0 bridgehead atoms. The molecular formula is C29H18N2O2. The van der Waals surface area contributed by atoms with Crippen LogP contribution < -0.4 is 0 Å². The fourth-order valence-electron chi connectivity index (χ4n) is 4.09. The van der Waals surface area contributed by atoms with E-state index in [1.165, 1.54) is 0 Å². The standard InChI is InChI=1S/C29H18N2O2/c30-19-25-27(29(33)22-14-8-3-9-15-22)26(28(32)21-12-6-2-7-13-21)24-18-23(16-17-31(24)25)20-10-4-1-5-11-20/h1-18H. The molecule has 4 heteroatoms. The summed E-state index contributed by atoms with van der Waals surface area (Å²) in [6.45, 7) is 0. The van der Waals surface area contributed by atoms with Crippen LogP contribution in [0.1, 0.15) is 37.5 Å². The van der Waals surface area contributed by atoms with E-state index in [0.717, 1.165) is 11.1 Å². The minimum Gasteiger partial charge on any atom is -0.307 e. The Morgan fingerprint density at radius 2 is 1.15 bits per heavy atom. The minimum absolute atomic E-state index is 0.128. The number of benzene rings is 3. The van der Waals surface area contributed by atoms with Crippen molar-refractivity contribution in [1.82, 2.24) is 4.40 Å². The van der Waals surface area contributed by atoms with Gasteiger partial charge in [-0.3, -0.25) is 9.59 Å². The lowest BCUT2D eigenvalue weighted by molar-refractivity contribution is 0.100. The summed E-state index contributed by atoms with van der Waals surface area (Å²) in [5.41, 5.74) is 3.81. The van der Waals surface area contributed by atoms with Crippen molar-refractivity contribution in [2.24, 2.45) is 0 Å². The Hall–Kier alpha value is -4.75. The minimum atomic E-state index is -0.351. The van der Waals surface area contributed by atoms with Gasteiger partial charge in [-0.05, 0) is 23.3 Å². The second-order valence-corrected chi connectivity index (χ2v) is 7.64. The van der Waals surface area contributed by atoms with Crippen molar-refractivity contribution in [3.8, 4) is 17.2 Å². The van der Waals surface area contributed by atoms with Crippen molar-refractivity contribution >= 4 is 17.1 Å². The molecule has 2 aromatic heterocycles. The molecule has 2 heterocycles. The average molecular weight is 426 g/mol. The lowest BCUT2D eigenvalue weighted by Crippen LogP contribution is -2.10. The van der Waals surface area contributed by atoms with E-state index in [4.69, 9.17) is 0 Å². The summed E-state index contributed by atoms with van der Waals surface area (Å²) < 4.78 is 1.64. The van der Waals surface area contributed by atoms with Gasteiger partial charge in [-0.2, -0.15) is 5.26 Å². The number of pyridine rings is 1. The zero-order chi connectivity index (χ0) is 22.8. The first-order valence-electron chi connectivity index (χ1n) is 10.5. The summed E-state index contributed by atoms with van der Waals surface area (Å²) in [5.74, 6) is -0.643. The Bertz CT molecular complexity index is 1530. The molecule has 0 aliphatic heterocycles. The van der Waals surface area contributed by atoms with Crippen LogP contribution in [0.4, 0.5) is 0 Å². The number of carbonyl (C=O) groups excluding carboxylic acids is 2. The second-order valence-electron chi connectivity index (χ2n) is 7.64. The topological polar surface area (TPSA) is 62.3 Å². The predicted molar refractivity (Wildman–Crippen MR) is 127 cm³/mol. The molecule has 0 aliphatic carbocycles. The predicted octanol–water partition coefficient (Wildman–Crippen LogP) is 5.94. The molecule has 0 N–H and O–H groups in total.